The SMILES string of the molecule is N#Cc1c(N)sc2c(F)ccc(-c3c(Cl)cc4c(N5CCCCC6(CN(C(=O)N7CC(C(F)F)C7)C6)C5)nc(OC[C@@]56CCCN5C[C@H](F)C6)nc4c3F)c12. The molecule has 4 aromatic rings. The zero-order chi connectivity index (χ0) is 38.4. The van der Waals surface area contributed by atoms with E-state index in [2.05, 4.69) is 9.88 Å². The Labute approximate surface area is 322 Å². The molecule has 7 heterocycles. The standard InChI is InChI=1S/C38H38ClF5N8O2S/c39-25-10-23-30(29(42)28(25)22-4-5-26(41)31-27(22)24(12-45)33(46)55-31)47-35(54-19-38-7-3-9-52(38)15-21(40)11-38)48-34(23)49-8-2-1-6-37(16-49)17-51(18-37)36(53)50-13-20(14-50)32(43)44/h4-5,10,20-21,32H,1-3,6-9,11,13-19,46H2/t21-,38+/m1/s1. The van der Waals surface area contributed by atoms with Gasteiger partial charge in [0, 0.05) is 74.0 Å². The molecular weight excluding hydrogens is 763 g/mol. The number of anilines is 2. The second kappa shape index (κ2) is 13.5. The quantitative estimate of drug-likeness (QED) is 0.200. The van der Waals surface area contributed by atoms with Crippen LogP contribution in [0.3, 0.4) is 0 Å². The van der Waals surface area contributed by atoms with E-state index in [4.69, 9.17) is 27.1 Å². The van der Waals surface area contributed by atoms with Gasteiger partial charge in [-0.25, -0.2) is 26.7 Å². The summed E-state index contributed by atoms with van der Waals surface area (Å²) in [5.74, 6) is -1.83. The molecule has 55 heavy (non-hydrogen) atoms. The van der Waals surface area contributed by atoms with Gasteiger partial charge in [-0.05, 0) is 49.9 Å². The van der Waals surface area contributed by atoms with E-state index in [-0.39, 0.29) is 79.5 Å². The van der Waals surface area contributed by atoms with Crippen molar-refractivity contribution in [3.05, 3.63) is 40.4 Å². The second-order valence-electron chi connectivity index (χ2n) is 15.9. The number of rotatable bonds is 6. The summed E-state index contributed by atoms with van der Waals surface area (Å²) in [7, 11) is 0. The molecule has 5 saturated heterocycles. The van der Waals surface area contributed by atoms with Gasteiger partial charge in [-0.3, -0.25) is 4.90 Å². The van der Waals surface area contributed by atoms with E-state index in [1.54, 1.807) is 11.0 Å². The number of carbonyl (C=O) groups excluding carboxylic acids is 1. The number of carbonyl (C=O) groups is 1. The molecule has 10 nitrogen and oxygen atoms in total. The summed E-state index contributed by atoms with van der Waals surface area (Å²) in [5.41, 5.74) is 5.30. The average molecular weight is 801 g/mol. The summed E-state index contributed by atoms with van der Waals surface area (Å²) in [6.45, 7) is 3.21. The van der Waals surface area contributed by atoms with E-state index < -0.39 is 35.7 Å². The molecule has 2 aromatic heterocycles. The molecule has 9 rings (SSSR count). The van der Waals surface area contributed by atoms with Crippen molar-refractivity contribution in [2.75, 3.05) is 69.6 Å². The van der Waals surface area contributed by atoms with Crippen molar-refractivity contribution in [1.82, 2.24) is 24.7 Å². The molecule has 17 heteroatoms. The van der Waals surface area contributed by atoms with Crippen LogP contribution in [0.1, 0.15) is 44.1 Å². The molecule has 290 valence electrons. The highest BCUT2D eigenvalue weighted by molar-refractivity contribution is 7.23. The predicted molar refractivity (Wildman–Crippen MR) is 199 cm³/mol. The van der Waals surface area contributed by atoms with Crippen LogP contribution in [0.2, 0.25) is 5.02 Å². The fourth-order valence-corrected chi connectivity index (χ4v) is 10.8. The van der Waals surface area contributed by atoms with Gasteiger partial charge in [-0.2, -0.15) is 15.2 Å². The molecule has 2 atom stereocenters. The van der Waals surface area contributed by atoms with Crippen LogP contribution in [-0.2, 0) is 0 Å². The number of halogens is 6. The van der Waals surface area contributed by atoms with Crippen molar-refractivity contribution in [2.24, 2.45) is 11.3 Å². The van der Waals surface area contributed by atoms with Gasteiger partial charge in [0.2, 0.25) is 6.43 Å². The fourth-order valence-electron chi connectivity index (χ4n) is 9.60. The van der Waals surface area contributed by atoms with Gasteiger partial charge >= 0.3 is 12.0 Å². The smallest absolute Gasteiger partial charge is 0.320 e. The van der Waals surface area contributed by atoms with E-state index in [0.717, 1.165) is 50.0 Å². The Kier molecular flexibility index (Phi) is 8.93. The highest BCUT2D eigenvalue weighted by Gasteiger charge is 2.51. The number of aromatic nitrogens is 2. The molecule has 2 aromatic carbocycles. The third kappa shape index (κ3) is 5.99. The monoisotopic (exact) mass is 800 g/mol. The molecule has 0 aliphatic carbocycles. The largest absolute Gasteiger partial charge is 0.461 e. The molecule has 1 spiro atoms. The van der Waals surface area contributed by atoms with Gasteiger partial charge in [0.1, 0.15) is 41.0 Å². The van der Waals surface area contributed by atoms with E-state index in [9.17, 15) is 23.2 Å². The Morgan fingerprint density at radius 2 is 1.89 bits per heavy atom. The lowest BCUT2D eigenvalue weighted by Crippen LogP contribution is -2.67. The maximum absolute atomic E-state index is 17.3. The molecule has 0 radical (unpaired) electrons. The van der Waals surface area contributed by atoms with Crippen LogP contribution in [0, 0.1) is 34.3 Å². The van der Waals surface area contributed by atoms with E-state index in [1.807, 2.05) is 11.0 Å². The number of fused-ring (bicyclic) bond motifs is 3. The number of nitriles is 1. The molecule has 0 saturated carbocycles. The van der Waals surface area contributed by atoms with E-state index in [1.165, 1.54) is 17.0 Å². The van der Waals surface area contributed by atoms with Crippen molar-refractivity contribution in [1.29, 1.82) is 5.26 Å². The summed E-state index contributed by atoms with van der Waals surface area (Å²) >= 11 is 7.83. The van der Waals surface area contributed by atoms with Crippen LogP contribution in [0.5, 0.6) is 6.01 Å². The first kappa shape index (κ1) is 36.4. The number of likely N-dealkylation sites (tertiary alicyclic amines) is 2. The number of ether oxygens (including phenoxy) is 1. The highest BCUT2D eigenvalue weighted by atomic mass is 35.5. The lowest BCUT2D eigenvalue weighted by molar-refractivity contribution is -0.0340. The molecule has 5 aliphatic heterocycles. The Balaban J connectivity index is 1.10. The number of amides is 2. The second-order valence-corrected chi connectivity index (χ2v) is 17.4. The van der Waals surface area contributed by atoms with Crippen LogP contribution < -0.4 is 15.4 Å². The van der Waals surface area contributed by atoms with Crippen LogP contribution in [0.4, 0.5) is 37.6 Å². The number of nitrogen functional groups attached to an aromatic ring is 1. The maximum atomic E-state index is 17.3. The van der Waals surface area contributed by atoms with Gasteiger partial charge in [0.25, 0.3) is 0 Å². The molecule has 0 bridgehead atoms. The minimum Gasteiger partial charge on any atom is -0.461 e. The average Bonchev–Trinajstić information content (AvgIpc) is 3.69. The van der Waals surface area contributed by atoms with Crippen LogP contribution in [-0.4, -0.2) is 108 Å². The first-order chi connectivity index (χ1) is 26.4. The topological polar surface area (TPSA) is 115 Å². The zero-order valence-electron chi connectivity index (χ0n) is 29.8. The number of nitrogens with two attached hydrogens (primary N) is 1. The summed E-state index contributed by atoms with van der Waals surface area (Å²) in [6.07, 6.45) is 1.01. The molecule has 2 amide bonds. The van der Waals surface area contributed by atoms with Gasteiger partial charge in [0.15, 0.2) is 5.82 Å². The van der Waals surface area contributed by atoms with Gasteiger partial charge < -0.3 is 25.2 Å². The lowest BCUT2D eigenvalue weighted by atomic mass is 9.76. The van der Waals surface area contributed by atoms with Crippen molar-refractivity contribution in [2.45, 2.75) is 56.7 Å². The summed E-state index contributed by atoms with van der Waals surface area (Å²) in [5, 5.41) is 10.5. The molecular formula is C38H38ClF5N8O2S. The number of urea groups is 1. The fraction of sp³-hybridized carbons (Fsp3) is 0.526. The molecule has 2 N–H and O–H groups in total. The van der Waals surface area contributed by atoms with Crippen LogP contribution in [0.25, 0.3) is 32.1 Å². The van der Waals surface area contributed by atoms with Crippen LogP contribution >= 0.6 is 22.9 Å². The maximum Gasteiger partial charge on any atom is 0.320 e. The lowest BCUT2D eigenvalue weighted by Gasteiger charge is -2.54. The Bertz CT molecular complexity index is 2260. The number of alkyl halides is 3. The summed E-state index contributed by atoms with van der Waals surface area (Å²) in [6, 6.07) is 5.82. The number of nitrogens with zero attached hydrogens (tertiary/aromatic N) is 7. The Morgan fingerprint density at radius 1 is 1.09 bits per heavy atom. The first-order valence-electron chi connectivity index (χ1n) is 18.6. The first-order valence-corrected chi connectivity index (χ1v) is 19.8. The zero-order valence-corrected chi connectivity index (χ0v) is 31.3. The minimum atomic E-state index is -2.45. The number of benzene rings is 2. The predicted octanol–water partition coefficient (Wildman–Crippen LogP) is 7.46. The van der Waals surface area contributed by atoms with Crippen molar-refractivity contribution in [3.63, 3.8) is 0 Å². The Hall–Kier alpha value is -4.20. The molecule has 5 fully saturated rings. The molecule has 5 aliphatic rings. The normalized spacial score (nSPS) is 24.0. The summed E-state index contributed by atoms with van der Waals surface area (Å²) < 4.78 is 79.5. The Morgan fingerprint density at radius 3 is 2.65 bits per heavy atom. The van der Waals surface area contributed by atoms with E-state index >= 15 is 8.78 Å². The van der Waals surface area contributed by atoms with Gasteiger partial charge in [-0.15, -0.1) is 11.3 Å². The van der Waals surface area contributed by atoms with Gasteiger partial charge in [-0.1, -0.05) is 24.1 Å². The van der Waals surface area contributed by atoms with Crippen LogP contribution in [0.15, 0.2) is 18.2 Å². The van der Waals surface area contributed by atoms with Crippen molar-refractivity contribution in [3.8, 4) is 23.2 Å². The van der Waals surface area contributed by atoms with E-state index in [0.29, 0.717) is 50.3 Å². The molecule has 0 unspecified atom stereocenters. The van der Waals surface area contributed by atoms with Crippen molar-refractivity contribution < 1.29 is 31.5 Å². The van der Waals surface area contributed by atoms with Gasteiger partial charge in [0.05, 0.1) is 26.7 Å². The number of hydrogen-bond donors (Lipinski definition) is 1. The minimum absolute atomic E-state index is 0.00730. The van der Waals surface area contributed by atoms with Crippen molar-refractivity contribution >= 4 is 60.8 Å². The third-order valence-electron chi connectivity index (χ3n) is 12.3. The number of thiophene rings is 1. The number of hydrogen-bond acceptors (Lipinski definition) is 9. The highest BCUT2D eigenvalue weighted by Crippen LogP contribution is 2.47. The summed E-state index contributed by atoms with van der Waals surface area (Å²) in [4.78, 5) is 29.9. The third-order valence-corrected chi connectivity index (χ3v) is 13.7.